The molecule has 0 saturated carbocycles. The van der Waals surface area contributed by atoms with Gasteiger partial charge >= 0.3 is 0 Å². The zero-order valence-corrected chi connectivity index (χ0v) is 9.11. The Balaban J connectivity index is 0. The van der Waals surface area contributed by atoms with E-state index in [0.717, 1.165) is 0 Å². The summed E-state index contributed by atoms with van der Waals surface area (Å²) in [6, 6.07) is 0. The minimum atomic E-state index is -2.68. The first-order valence-corrected chi connectivity index (χ1v) is 5.07. The van der Waals surface area contributed by atoms with Gasteiger partial charge in [-0.1, -0.05) is 34.1 Å². The molecule has 1 N–H and O–H groups in total. The summed E-state index contributed by atoms with van der Waals surface area (Å²) >= 11 is 0. The van der Waals surface area contributed by atoms with Gasteiger partial charge < -0.3 is 5.11 Å². The molecule has 0 radical (unpaired) electrons. The molecule has 0 heterocycles. The van der Waals surface area contributed by atoms with Gasteiger partial charge in [0.15, 0.2) is 0 Å². The average molecular weight is 196 g/mol. The van der Waals surface area contributed by atoms with Crippen molar-refractivity contribution in [3.63, 3.8) is 0 Å². The van der Waals surface area contributed by atoms with Gasteiger partial charge in [0, 0.05) is 12.3 Å². The van der Waals surface area contributed by atoms with Crippen LogP contribution in [0.4, 0.5) is 8.78 Å². The van der Waals surface area contributed by atoms with Crippen molar-refractivity contribution in [2.24, 2.45) is 5.92 Å². The average Bonchev–Trinajstić information content (AvgIpc) is 2.09. The highest BCUT2D eigenvalue weighted by molar-refractivity contribution is 4.74. The first-order chi connectivity index (χ1) is 6.08. The quantitative estimate of drug-likeness (QED) is 0.714. The Labute approximate surface area is 80.2 Å². The van der Waals surface area contributed by atoms with Gasteiger partial charge in [-0.25, -0.2) is 8.78 Å². The molecule has 1 atom stereocenters. The van der Waals surface area contributed by atoms with E-state index in [4.69, 9.17) is 5.11 Å². The van der Waals surface area contributed by atoms with E-state index >= 15 is 0 Å². The number of aliphatic hydroxyl groups excluding tert-OH is 1. The Hall–Kier alpha value is -0.180. The molecule has 0 aliphatic heterocycles. The topological polar surface area (TPSA) is 20.2 Å². The van der Waals surface area contributed by atoms with Crippen molar-refractivity contribution in [3.05, 3.63) is 0 Å². The third-order valence-electron chi connectivity index (χ3n) is 1.89. The van der Waals surface area contributed by atoms with Gasteiger partial charge in [0.2, 0.25) is 0 Å². The Bertz CT molecular complexity index is 101. The SMILES string of the molecule is CC.CCCC(F)(F)C(CC)CO. The lowest BCUT2D eigenvalue weighted by atomic mass is 9.96. The van der Waals surface area contributed by atoms with Crippen molar-refractivity contribution in [2.45, 2.75) is 52.9 Å². The van der Waals surface area contributed by atoms with Crippen LogP contribution >= 0.6 is 0 Å². The van der Waals surface area contributed by atoms with Crippen LogP contribution in [0.15, 0.2) is 0 Å². The molecule has 0 aromatic heterocycles. The molecular weight excluding hydrogens is 174 g/mol. The van der Waals surface area contributed by atoms with E-state index in [2.05, 4.69) is 0 Å². The predicted octanol–water partition coefficient (Wildman–Crippen LogP) is 3.47. The third kappa shape index (κ3) is 5.97. The number of aliphatic hydroxyl groups is 1. The van der Waals surface area contributed by atoms with E-state index in [9.17, 15) is 8.78 Å². The van der Waals surface area contributed by atoms with Crippen molar-refractivity contribution in [1.82, 2.24) is 0 Å². The second kappa shape index (κ2) is 8.42. The summed E-state index contributed by atoms with van der Waals surface area (Å²) in [6.07, 6.45) is 0.680. The number of rotatable bonds is 5. The molecule has 0 fully saturated rings. The fourth-order valence-corrected chi connectivity index (χ4v) is 1.10. The second-order valence-corrected chi connectivity index (χ2v) is 2.80. The zero-order valence-electron chi connectivity index (χ0n) is 9.11. The number of hydrogen-bond acceptors (Lipinski definition) is 1. The summed E-state index contributed by atoms with van der Waals surface area (Å²) in [7, 11) is 0. The lowest BCUT2D eigenvalue weighted by molar-refractivity contribution is -0.0836. The van der Waals surface area contributed by atoms with Crippen LogP contribution in [0.5, 0.6) is 0 Å². The molecule has 0 saturated heterocycles. The summed E-state index contributed by atoms with van der Waals surface area (Å²) in [5.74, 6) is -3.54. The number of alkyl halides is 2. The fourth-order valence-electron chi connectivity index (χ4n) is 1.10. The smallest absolute Gasteiger partial charge is 0.253 e. The minimum Gasteiger partial charge on any atom is -0.396 e. The standard InChI is InChI=1S/C8H16F2O.C2H6/c1-3-5-8(9,10)7(4-2)6-11;1-2/h7,11H,3-6H2,1-2H3;1-2H3. The highest BCUT2D eigenvalue weighted by Gasteiger charge is 2.36. The Morgan fingerprint density at radius 3 is 1.92 bits per heavy atom. The van der Waals surface area contributed by atoms with Gasteiger partial charge in [-0.3, -0.25) is 0 Å². The van der Waals surface area contributed by atoms with Crippen LogP contribution in [0.25, 0.3) is 0 Å². The molecule has 0 aliphatic rings. The Morgan fingerprint density at radius 1 is 1.23 bits per heavy atom. The van der Waals surface area contributed by atoms with Gasteiger partial charge in [-0.2, -0.15) is 0 Å². The van der Waals surface area contributed by atoms with Crippen LogP contribution in [0.1, 0.15) is 47.0 Å². The molecule has 82 valence electrons. The van der Waals surface area contributed by atoms with Crippen LogP contribution in [-0.4, -0.2) is 17.6 Å². The summed E-state index contributed by atoms with van der Waals surface area (Å²) in [4.78, 5) is 0. The monoisotopic (exact) mass is 196 g/mol. The number of halogens is 2. The lowest BCUT2D eigenvalue weighted by Crippen LogP contribution is -2.30. The van der Waals surface area contributed by atoms with Gasteiger partial charge in [0.25, 0.3) is 5.92 Å². The minimum absolute atomic E-state index is 0.119. The first-order valence-electron chi connectivity index (χ1n) is 5.07. The molecular formula is C10H22F2O. The molecule has 0 spiro atoms. The van der Waals surface area contributed by atoms with E-state index in [1.807, 2.05) is 13.8 Å². The van der Waals surface area contributed by atoms with E-state index in [1.54, 1.807) is 13.8 Å². The highest BCUT2D eigenvalue weighted by Crippen LogP contribution is 2.31. The van der Waals surface area contributed by atoms with Crippen LogP contribution in [0.2, 0.25) is 0 Å². The molecule has 3 heteroatoms. The second-order valence-electron chi connectivity index (χ2n) is 2.80. The predicted molar refractivity (Wildman–Crippen MR) is 52.1 cm³/mol. The van der Waals surface area contributed by atoms with Crippen molar-refractivity contribution in [2.75, 3.05) is 6.61 Å². The molecule has 0 aromatic carbocycles. The third-order valence-corrected chi connectivity index (χ3v) is 1.89. The number of hydrogen-bond donors (Lipinski definition) is 1. The molecule has 1 nitrogen and oxygen atoms in total. The van der Waals surface area contributed by atoms with Crippen molar-refractivity contribution < 1.29 is 13.9 Å². The molecule has 0 aliphatic carbocycles. The molecule has 1 unspecified atom stereocenters. The molecule has 0 amide bonds. The maximum atomic E-state index is 12.9. The first kappa shape index (κ1) is 15.3. The molecule has 0 aromatic rings. The normalized spacial score (nSPS) is 13.2. The summed E-state index contributed by atoms with van der Waals surface area (Å²) < 4.78 is 25.9. The van der Waals surface area contributed by atoms with Crippen LogP contribution in [0.3, 0.4) is 0 Å². The fraction of sp³-hybridized carbons (Fsp3) is 1.00. The summed E-state index contributed by atoms with van der Waals surface area (Å²) in [5, 5.41) is 8.61. The van der Waals surface area contributed by atoms with E-state index in [1.165, 1.54) is 0 Å². The van der Waals surface area contributed by atoms with Gasteiger partial charge in [0.1, 0.15) is 0 Å². The van der Waals surface area contributed by atoms with E-state index < -0.39 is 18.4 Å². The summed E-state index contributed by atoms with van der Waals surface area (Å²) in [6.45, 7) is 6.98. The van der Waals surface area contributed by atoms with Crippen molar-refractivity contribution >= 4 is 0 Å². The highest BCUT2D eigenvalue weighted by atomic mass is 19.3. The van der Waals surface area contributed by atoms with E-state index in [0.29, 0.717) is 12.8 Å². The van der Waals surface area contributed by atoms with Crippen molar-refractivity contribution in [1.29, 1.82) is 0 Å². The van der Waals surface area contributed by atoms with Gasteiger partial charge in [0.05, 0.1) is 6.61 Å². The maximum Gasteiger partial charge on any atom is 0.253 e. The van der Waals surface area contributed by atoms with Crippen LogP contribution in [0, 0.1) is 5.92 Å². The van der Waals surface area contributed by atoms with Crippen LogP contribution < -0.4 is 0 Å². The van der Waals surface area contributed by atoms with E-state index in [-0.39, 0.29) is 6.42 Å². The maximum absolute atomic E-state index is 12.9. The molecule has 13 heavy (non-hydrogen) atoms. The van der Waals surface area contributed by atoms with Gasteiger partial charge in [-0.05, 0) is 6.42 Å². The lowest BCUT2D eigenvalue weighted by Gasteiger charge is -2.23. The Kier molecular flexibility index (Phi) is 9.91. The Morgan fingerprint density at radius 2 is 1.69 bits per heavy atom. The molecule has 0 bridgehead atoms. The van der Waals surface area contributed by atoms with Gasteiger partial charge in [-0.15, -0.1) is 0 Å². The largest absolute Gasteiger partial charge is 0.396 e. The van der Waals surface area contributed by atoms with Crippen LogP contribution in [-0.2, 0) is 0 Å². The molecule has 0 rings (SSSR count). The zero-order chi connectivity index (χ0) is 10.9. The summed E-state index contributed by atoms with van der Waals surface area (Å²) in [5.41, 5.74) is 0. The van der Waals surface area contributed by atoms with Crippen molar-refractivity contribution in [3.8, 4) is 0 Å².